The van der Waals surface area contributed by atoms with E-state index in [1.165, 1.54) is 39.2 Å². The summed E-state index contributed by atoms with van der Waals surface area (Å²) in [7, 11) is 3.41. The SMILES string of the molecule is CC.CC=CC.CCCCC(C)(CC)CC(CC)CNC(=O)CC(C)(C)NC.CN. The van der Waals surface area contributed by atoms with E-state index < -0.39 is 0 Å². The second kappa shape index (κ2) is 24.4. The molecule has 1 amide bonds. The van der Waals surface area contributed by atoms with Crippen LogP contribution in [0, 0.1) is 11.3 Å². The van der Waals surface area contributed by atoms with Gasteiger partial charge in [-0.15, -0.1) is 0 Å². The number of hydrogen-bond donors (Lipinski definition) is 3. The molecule has 0 spiro atoms. The number of nitrogens with one attached hydrogen (secondary N) is 2. The molecule has 0 bridgehead atoms. The molecular formula is C26H59N3O. The lowest BCUT2D eigenvalue weighted by molar-refractivity contribution is -0.122. The van der Waals surface area contributed by atoms with Gasteiger partial charge >= 0.3 is 0 Å². The number of amides is 1. The summed E-state index contributed by atoms with van der Waals surface area (Å²) in [6.45, 7) is 22.2. The summed E-state index contributed by atoms with van der Waals surface area (Å²) in [5.41, 5.74) is 4.79. The molecule has 0 aliphatic rings. The molecule has 0 heterocycles. The van der Waals surface area contributed by atoms with Crippen molar-refractivity contribution in [1.29, 1.82) is 0 Å². The molecule has 4 nitrogen and oxygen atoms in total. The second-order valence-corrected chi connectivity index (χ2v) is 8.53. The number of rotatable bonds is 12. The van der Waals surface area contributed by atoms with Crippen molar-refractivity contribution >= 4 is 5.91 Å². The zero-order valence-electron chi connectivity index (χ0n) is 22.9. The maximum Gasteiger partial charge on any atom is 0.221 e. The molecule has 2 unspecified atom stereocenters. The zero-order valence-corrected chi connectivity index (χ0v) is 22.9. The van der Waals surface area contributed by atoms with Crippen molar-refractivity contribution in [2.75, 3.05) is 20.6 Å². The fraction of sp³-hybridized carbons (Fsp3) is 0.885. The second-order valence-electron chi connectivity index (χ2n) is 8.53. The van der Waals surface area contributed by atoms with Crippen LogP contribution in [0.1, 0.15) is 114 Å². The quantitative estimate of drug-likeness (QED) is 0.302. The van der Waals surface area contributed by atoms with Crippen LogP contribution in [0.5, 0.6) is 0 Å². The van der Waals surface area contributed by atoms with Gasteiger partial charge in [0.05, 0.1) is 0 Å². The Morgan fingerprint density at radius 2 is 1.53 bits per heavy atom. The standard InChI is InChI=1S/C19H40N2O.C4H8.C2H6.CH5N/c1-8-11-12-19(6,10-3)13-16(9-2)15-21-17(22)14-18(4,5)20-7;1-3-4-2;2*1-2/h16,20H,8-15H2,1-7H3,(H,21,22);3-4H,1-2H3;1-2H3;2H2,1H3. The lowest BCUT2D eigenvalue weighted by atomic mass is 9.74. The Kier molecular flexibility index (Phi) is 29.7. The van der Waals surface area contributed by atoms with Crippen LogP contribution in [-0.4, -0.2) is 32.1 Å². The van der Waals surface area contributed by atoms with Gasteiger partial charge in [0.15, 0.2) is 0 Å². The number of unbranched alkanes of at least 4 members (excludes halogenated alkanes) is 1. The molecule has 0 rings (SSSR count). The van der Waals surface area contributed by atoms with Crippen LogP contribution in [0.3, 0.4) is 0 Å². The van der Waals surface area contributed by atoms with E-state index in [0.717, 1.165) is 13.0 Å². The van der Waals surface area contributed by atoms with Crippen molar-refractivity contribution in [3.63, 3.8) is 0 Å². The minimum Gasteiger partial charge on any atom is -0.356 e. The molecule has 0 aromatic heterocycles. The Morgan fingerprint density at radius 3 is 1.87 bits per heavy atom. The third kappa shape index (κ3) is 23.4. The average molecular weight is 430 g/mol. The molecule has 184 valence electrons. The van der Waals surface area contributed by atoms with Gasteiger partial charge in [0.1, 0.15) is 0 Å². The van der Waals surface area contributed by atoms with Crippen molar-refractivity contribution in [2.45, 2.75) is 120 Å². The van der Waals surface area contributed by atoms with Crippen molar-refractivity contribution in [2.24, 2.45) is 17.1 Å². The molecule has 0 aliphatic heterocycles. The van der Waals surface area contributed by atoms with Crippen LogP contribution in [0.4, 0.5) is 0 Å². The summed E-state index contributed by atoms with van der Waals surface area (Å²) >= 11 is 0. The van der Waals surface area contributed by atoms with Gasteiger partial charge in [-0.1, -0.05) is 79.4 Å². The molecule has 0 aromatic carbocycles. The highest BCUT2D eigenvalue weighted by molar-refractivity contribution is 5.77. The van der Waals surface area contributed by atoms with E-state index in [1.54, 1.807) is 0 Å². The van der Waals surface area contributed by atoms with Crippen molar-refractivity contribution in [1.82, 2.24) is 10.6 Å². The summed E-state index contributed by atoms with van der Waals surface area (Å²) in [5.74, 6) is 0.744. The highest BCUT2D eigenvalue weighted by Gasteiger charge is 2.26. The number of nitrogens with two attached hydrogens (primary N) is 1. The van der Waals surface area contributed by atoms with E-state index in [4.69, 9.17) is 0 Å². The maximum absolute atomic E-state index is 12.1. The first kappa shape index (κ1) is 36.5. The van der Waals surface area contributed by atoms with Gasteiger partial charge in [0.25, 0.3) is 0 Å². The third-order valence-electron chi connectivity index (χ3n) is 5.55. The molecular weight excluding hydrogens is 370 g/mol. The molecule has 4 N–H and O–H groups in total. The topological polar surface area (TPSA) is 67.2 Å². The summed E-state index contributed by atoms with van der Waals surface area (Å²) in [6, 6.07) is 0. The highest BCUT2D eigenvalue weighted by Crippen LogP contribution is 2.36. The molecule has 0 radical (unpaired) electrons. The molecule has 0 saturated heterocycles. The Hall–Kier alpha value is -0.870. The van der Waals surface area contributed by atoms with E-state index in [1.807, 2.05) is 46.9 Å². The van der Waals surface area contributed by atoms with E-state index in [-0.39, 0.29) is 11.4 Å². The predicted octanol–water partition coefficient (Wildman–Crippen LogP) is 6.70. The summed E-state index contributed by atoms with van der Waals surface area (Å²) < 4.78 is 0. The first-order chi connectivity index (χ1) is 14.1. The lowest BCUT2D eigenvalue weighted by Crippen LogP contribution is -2.42. The summed E-state index contributed by atoms with van der Waals surface area (Å²) in [6.07, 6.45) is 12.0. The Morgan fingerprint density at radius 1 is 1.03 bits per heavy atom. The minimum atomic E-state index is -0.134. The van der Waals surface area contributed by atoms with E-state index in [0.29, 0.717) is 17.8 Å². The molecule has 0 aliphatic carbocycles. The van der Waals surface area contributed by atoms with E-state index >= 15 is 0 Å². The fourth-order valence-corrected chi connectivity index (χ4v) is 2.89. The fourth-order valence-electron chi connectivity index (χ4n) is 2.89. The largest absolute Gasteiger partial charge is 0.356 e. The molecule has 30 heavy (non-hydrogen) atoms. The molecule has 0 saturated carbocycles. The van der Waals surface area contributed by atoms with Crippen molar-refractivity contribution in [3.05, 3.63) is 12.2 Å². The number of carbonyl (C=O) groups excluding carboxylic acids is 1. The van der Waals surface area contributed by atoms with Crippen LogP contribution in [0.25, 0.3) is 0 Å². The van der Waals surface area contributed by atoms with Gasteiger partial charge in [-0.3, -0.25) is 4.79 Å². The van der Waals surface area contributed by atoms with Crippen LogP contribution < -0.4 is 16.4 Å². The number of carbonyl (C=O) groups is 1. The number of allylic oxidation sites excluding steroid dienone is 2. The van der Waals surface area contributed by atoms with Gasteiger partial charge in [-0.05, 0) is 66.0 Å². The van der Waals surface area contributed by atoms with Crippen LogP contribution in [-0.2, 0) is 4.79 Å². The molecule has 4 heteroatoms. The van der Waals surface area contributed by atoms with Gasteiger partial charge in [0, 0.05) is 18.5 Å². The van der Waals surface area contributed by atoms with Gasteiger partial charge in [-0.25, -0.2) is 0 Å². The highest BCUT2D eigenvalue weighted by atomic mass is 16.1. The summed E-state index contributed by atoms with van der Waals surface area (Å²) in [4.78, 5) is 12.1. The Bertz CT molecular complexity index is 376. The van der Waals surface area contributed by atoms with Gasteiger partial charge in [-0.2, -0.15) is 0 Å². The van der Waals surface area contributed by atoms with Crippen molar-refractivity contribution < 1.29 is 4.79 Å². The van der Waals surface area contributed by atoms with E-state index in [2.05, 4.69) is 57.9 Å². The van der Waals surface area contributed by atoms with E-state index in [9.17, 15) is 4.79 Å². The minimum absolute atomic E-state index is 0.134. The molecule has 0 fully saturated rings. The molecule has 2 atom stereocenters. The third-order valence-corrected chi connectivity index (χ3v) is 5.55. The zero-order chi connectivity index (χ0) is 24.6. The first-order valence-corrected chi connectivity index (χ1v) is 12.2. The smallest absolute Gasteiger partial charge is 0.221 e. The van der Waals surface area contributed by atoms with Crippen LogP contribution >= 0.6 is 0 Å². The lowest BCUT2D eigenvalue weighted by Gasteiger charge is -2.33. The Balaban J connectivity index is -0.000000366. The van der Waals surface area contributed by atoms with Crippen molar-refractivity contribution in [3.8, 4) is 0 Å². The van der Waals surface area contributed by atoms with Gasteiger partial charge < -0.3 is 16.4 Å². The van der Waals surface area contributed by atoms with Crippen LogP contribution in [0.2, 0.25) is 0 Å². The van der Waals surface area contributed by atoms with Gasteiger partial charge in [0.2, 0.25) is 5.91 Å². The first-order valence-electron chi connectivity index (χ1n) is 12.2. The maximum atomic E-state index is 12.1. The normalized spacial score (nSPS) is 13.5. The Labute approximate surface area is 191 Å². The number of hydrogen-bond acceptors (Lipinski definition) is 3. The predicted molar refractivity (Wildman–Crippen MR) is 139 cm³/mol. The average Bonchev–Trinajstić information content (AvgIpc) is 2.77. The monoisotopic (exact) mass is 429 g/mol. The summed E-state index contributed by atoms with van der Waals surface area (Å²) in [5, 5.41) is 6.33. The van der Waals surface area contributed by atoms with Crippen LogP contribution in [0.15, 0.2) is 12.2 Å². The molecule has 0 aromatic rings.